The van der Waals surface area contributed by atoms with Crippen molar-refractivity contribution in [1.29, 1.82) is 0 Å². The molecule has 1 aliphatic carbocycles. The van der Waals surface area contributed by atoms with Crippen molar-refractivity contribution in [2.75, 3.05) is 12.3 Å². The van der Waals surface area contributed by atoms with Crippen molar-refractivity contribution in [2.24, 2.45) is 0 Å². The first-order valence-corrected chi connectivity index (χ1v) is 13.4. The number of rotatable bonds is 6. The van der Waals surface area contributed by atoms with Gasteiger partial charge in [0, 0.05) is 48.6 Å². The molecule has 2 aliphatic rings. The predicted octanol–water partition coefficient (Wildman–Crippen LogP) is 5.65. The van der Waals surface area contributed by atoms with Crippen LogP contribution in [0.15, 0.2) is 48.5 Å². The molecule has 6 nitrogen and oxygen atoms in total. The SMILES string of the molecule is Nc1c2c(nc3c1CN(C(=O)CC(C(=O)OCc1ccccc1)c1ccc(Cl)c(Cl)c1)CC3)CCCC2. The number of anilines is 1. The molecular formula is C29H29Cl2N3O3. The highest BCUT2D eigenvalue weighted by Crippen LogP contribution is 2.34. The molecule has 0 spiro atoms. The summed E-state index contributed by atoms with van der Waals surface area (Å²) in [4.78, 5) is 33.4. The number of carbonyl (C=O) groups excluding carboxylic acids is 2. The van der Waals surface area contributed by atoms with Gasteiger partial charge >= 0.3 is 5.97 Å². The van der Waals surface area contributed by atoms with Crippen LogP contribution in [-0.2, 0) is 46.7 Å². The zero-order valence-corrected chi connectivity index (χ0v) is 22.0. The lowest BCUT2D eigenvalue weighted by molar-refractivity contribution is -0.149. The number of aromatic nitrogens is 1. The first kappa shape index (κ1) is 25.6. The van der Waals surface area contributed by atoms with E-state index < -0.39 is 11.9 Å². The lowest BCUT2D eigenvalue weighted by Gasteiger charge is -2.32. The first-order chi connectivity index (χ1) is 17.9. The number of ether oxygens (including phenoxy) is 1. The Kier molecular flexibility index (Phi) is 7.68. The van der Waals surface area contributed by atoms with Crippen molar-refractivity contribution in [1.82, 2.24) is 9.88 Å². The number of pyridine rings is 1. The molecule has 1 aromatic heterocycles. The van der Waals surface area contributed by atoms with Crippen molar-refractivity contribution in [3.8, 4) is 0 Å². The molecule has 1 unspecified atom stereocenters. The first-order valence-electron chi connectivity index (χ1n) is 12.6. The van der Waals surface area contributed by atoms with Gasteiger partial charge in [-0.2, -0.15) is 0 Å². The maximum Gasteiger partial charge on any atom is 0.314 e. The molecular weight excluding hydrogens is 509 g/mol. The third kappa shape index (κ3) is 5.60. The van der Waals surface area contributed by atoms with Crippen LogP contribution in [0.3, 0.4) is 0 Å². The normalized spacial score (nSPS) is 15.5. The zero-order chi connectivity index (χ0) is 25.9. The number of halogens is 2. The van der Waals surface area contributed by atoms with Crippen LogP contribution in [0.2, 0.25) is 10.0 Å². The van der Waals surface area contributed by atoms with Crippen LogP contribution in [0.25, 0.3) is 0 Å². The molecule has 5 rings (SSSR count). The molecule has 2 N–H and O–H groups in total. The van der Waals surface area contributed by atoms with E-state index in [0.29, 0.717) is 35.1 Å². The van der Waals surface area contributed by atoms with E-state index >= 15 is 0 Å². The minimum atomic E-state index is -0.814. The zero-order valence-electron chi connectivity index (χ0n) is 20.5. The minimum absolute atomic E-state index is 0.0425. The summed E-state index contributed by atoms with van der Waals surface area (Å²) >= 11 is 12.4. The third-order valence-electron chi connectivity index (χ3n) is 7.26. The molecule has 0 radical (unpaired) electrons. The molecule has 2 aromatic carbocycles. The Morgan fingerprint density at radius 3 is 2.51 bits per heavy atom. The number of hydrogen-bond donors (Lipinski definition) is 1. The molecule has 0 saturated heterocycles. The summed E-state index contributed by atoms with van der Waals surface area (Å²) in [6.07, 6.45) is 4.75. The van der Waals surface area contributed by atoms with E-state index in [1.165, 1.54) is 0 Å². The van der Waals surface area contributed by atoms with Crippen molar-refractivity contribution < 1.29 is 14.3 Å². The van der Waals surface area contributed by atoms with Gasteiger partial charge in [0.05, 0.1) is 16.0 Å². The van der Waals surface area contributed by atoms with E-state index in [1.807, 2.05) is 30.3 Å². The molecule has 1 amide bonds. The average molecular weight is 538 g/mol. The maximum absolute atomic E-state index is 13.5. The van der Waals surface area contributed by atoms with Crippen LogP contribution < -0.4 is 5.73 Å². The highest BCUT2D eigenvalue weighted by molar-refractivity contribution is 6.42. The second-order valence-corrected chi connectivity index (χ2v) is 10.5. The van der Waals surface area contributed by atoms with Crippen molar-refractivity contribution in [3.05, 3.63) is 92.2 Å². The predicted molar refractivity (Wildman–Crippen MR) is 144 cm³/mol. The summed E-state index contributed by atoms with van der Waals surface area (Å²) in [6, 6.07) is 14.4. The number of aryl methyl sites for hydroxylation is 1. The average Bonchev–Trinajstić information content (AvgIpc) is 2.92. The molecule has 0 bridgehead atoms. The van der Waals surface area contributed by atoms with Crippen LogP contribution in [0.1, 0.15) is 58.8 Å². The molecule has 8 heteroatoms. The molecule has 1 aliphatic heterocycles. The highest BCUT2D eigenvalue weighted by Gasteiger charge is 2.31. The van der Waals surface area contributed by atoms with Crippen molar-refractivity contribution >= 4 is 40.8 Å². The maximum atomic E-state index is 13.5. The highest BCUT2D eigenvalue weighted by atomic mass is 35.5. The quantitative estimate of drug-likeness (QED) is 0.410. The van der Waals surface area contributed by atoms with Gasteiger partial charge in [-0.05, 0) is 54.5 Å². The van der Waals surface area contributed by atoms with Gasteiger partial charge in [-0.3, -0.25) is 14.6 Å². The number of nitrogens with zero attached hydrogens (tertiary/aromatic N) is 2. The Hall–Kier alpha value is -3.09. The van der Waals surface area contributed by atoms with Crippen molar-refractivity contribution in [3.63, 3.8) is 0 Å². The number of esters is 1. The van der Waals surface area contributed by atoms with E-state index in [-0.39, 0.29) is 18.9 Å². The van der Waals surface area contributed by atoms with E-state index in [1.54, 1.807) is 23.1 Å². The largest absolute Gasteiger partial charge is 0.460 e. The molecule has 37 heavy (non-hydrogen) atoms. The standard InChI is InChI=1S/C29H29Cl2N3O3/c30-23-11-10-19(14-24(23)31)21(29(36)37-17-18-6-2-1-3-7-18)15-27(35)34-13-12-26-22(16-34)28(32)20-8-4-5-9-25(20)33-26/h1-3,6-7,10-11,14,21H,4-5,8-9,12-13,15-17H2,(H2,32,33). The van der Waals surface area contributed by atoms with Gasteiger partial charge in [0.15, 0.2) is 0 Å². The Morgan fingerprint density at radius 1 is 0.973 bits per heavy atom. The number of amides is 1. The molecule has 0 fully saturated rings. The van der Waals surface area contributed by atoms with Gasteiger partial charge in [0.2, 0.25) is 5.91 Å². The van der Waals surface area contributed by atoms with Crippen LogP contribution in [0, 0.1) is 0 Å². The Morgan fingerprint density at radius 2 is 1.73 bits per heavy atom. The lowest BCUT2D eigenvalue weighted by Crippen LogP contribution is -2.38. The number of carbonyl (C=O) groups is 2. The summed E-state index contributed by atoms with van der Waals surface area (Å²) in [5.74, 6) is -1.44. The molecule has 1 atom stereocenters. The molecule has 3 aromatic rings. The van der Waals surface area contributed by atoms with E-state index in [2.05, 4.69) is 0 Å². The van der Waals surface area contributed by atoms with Crippen LogP contribution >= 0.6 is 23.2 Å². The van der Waals surface area contributed by atoms with Gasteiger partial charge in [0.25, 0.3) is 0 Å². The second kappa shape index (κ2) is 11.1. The van der Waals surface area contributed by atoms with Crippen LogP contribution in [-0.4, -0.2) is 28.3 Å². The van der Waals surface area contributed by atoms with Gasteiger partial charge in [-0.15, -0.1) is 0 Å². The van der Waals surface area contributed by atoms with E-state index in [4.69, 9.17) is 38.7 Å². The number of fused-ring (bicyclic) bond motifs is 2. The Labute approximate surface area is 226 Å². The summed E-state index contributed by atoms with van der Waals surface area (Å²) in [5, 5.41) is 0.704. The number of nitrogen functional groups attached to an aromatic ring is 1. The monoisotopic (exact) mass is 537 g/mol. The summed E-state index contributed by atoms with van der Waals surface area (Å²) in [7, 11) is 0. The fraction of sp³-hybridized carbons (Fsp3) is 0.345. The van der Waals surface area contributed by atoms with E-state index in [9.17, 15) is 9.59 Å². The molecule has 0 saturated carbocycles. The fourth-order valence-electron chi connectivity index (χ4n) is 5.18. The number of hydrogen-bond acceptors (Lipinski definition) is 5. The van der Waals surface area contributed by atoms with Gasteiger partial charge in [-0.25, -0.2) is 0 Å². The topological polar surface area (TPSA) is 85.5 Å². The molecule has 2 heterocycles. The Balaban J connectivity index is 1.35. The van der Waals surface area contributed by atoms with E-state index in [0.717, 1.165) is 59.4 Å². The third-order valence-corrected chi connectivity index (χ3v) is 8.00. The van der Waals surface area contributed by atoms with Gasteiger partial charge < -0.3 is 15.4 Å². The Bertz CT molecular complexity index is 1330. The minimum Gasteiger partial charge on any atom is -0.460 e. The molecule has 192 valence electrons. The second-order valence-electron chi connectivity index (χ2n) is 9.67. The van der Waals surface area contributed by atoms with Gasteiger partial charge in [-0.1, -0.05) is 59.6 Å². The van der Waals surface area contributed by atoms with Crippen LogP contribution in [0.4, 0.5) is 5.69 Å². The van der Waals surface area contributed by atoms with Crippen molar-refractivity contribution in [2.45, 2.75) is 57.6 Å². The summed E-state index contributed by atoms with van der Waals surface area (Å²) < 4.78 is 5.62. The fourth-order valence-corrected chi connectivity index (χ4v) is 5.48. The van der Waals surface area contributed by atoms with Crippen LogP contribution in [0.5, 0.6) is 0 Å². The summed E-state index contributed by atoms with van der Waals surface area (Å²) in [6.45, 7) is 1.05. The number of benzene rings is 2. The lowest BCUT2D eigenvalue weighted by atomic mass is 9.90. The van der Waals surface area contributed by atoms with Gasteiger partial charge in [0.1, 0.15) is 6.61 Å². The summed E-state index contributed by atoms with van der Waals surface area (Å²) in [5.41, 5.74) is 13.0. The smallest absolute Gasteiger partial charge is 0.314 e. The number of nitrogens with two attached hydrogens (primary N) is 1.